The number of fused-ring (bicyclic) bond motifs is 1. The van der Waals surface area contributed by atoms with Crippen LogP contribution in [0.3, 0.4) is 0 Å². The van der Waals surface area contributed by atoms with Gasteiger partial charge >= 0.3 is 0 Å². The maximum Gasteiger partial charge on any atom is 0.249 e. The zero-order valence-corrected chi connectivity index (χ0v) is 25.7. The number of nitrogens with zero attached hydrogens (tertiary/aromatic N) is 4. The number of rotatable bonds is 8. The van der Waals surface area contributed by atoms with Crippen molar-refractivity contribution in [1.82, 2.24) is 14.8 Å². The Kier molecular flexibility index (Phi) is 8.82. The monoisotopic (exact) mass is 597 g/mol. The van der Waals surface area contributed by atoms with Crippen LogP contribution in [0.5, 0.6) is 0 Å². The molecule has 42 heavy (non-hydrogen) atoms. The maximum atomic E-state index is 15.4. The molecule has 2 amide bonds. The predicted octanol–water partition coefficient (Wildman–Crippen LogP) is 3.69. The topological polar surface area (TPSA) is 109 Å². The quantitative estimate of drug-likeness (QED) is 0.463. The van der Waals surface area contributed by atoms with Gasteiger partial charge in [-0.2, -0.15) is 4.39 Å². The van der Waals surface area contributed by atoms with E-state index in [1.165, 1.54) is 0 Å². The number of benzene rings is 1. The molecular weight excluding hydrogens is 557 g/mol. The number of likely N-dealkylation sites (tertiary alicyclic amines) is 1. The van der Waals surface area contributed by atoms with Crippen molar-refractivity contribution in [2.45, 2.75) is 52.2 Å². The number of halogens is 1. The van der Waals surface area contributed by atoms with Crippen LogP contribution in [0.15, 0.2) is 29.8 Å². The molecule has 2 N–H and O–H groups in total. The summed E-state index contributed by atoms with van der Waals surface area (Å²) in [6.45, 7) is 11.5. The smallest absolute Gasteiger partial charge is 0.249 e. The zero-order chi connectivity index (χ0) is 30.3. The van der Waals surface area contributed by atoms with E-state index < -0.39 is 29.1 Å². The van der Waals surface area contributed by atoms with E-state index >= 15 is 4.39 Å². The standard InChI is InChI=1S/C31H40FN5O4S/c1-6-18(4)24(30(40)37-15-20(13-17(2)3)27-26(37)23(38)16-41-27)22-14-19(7-8-21(22)29(33)39)25-28(32)42-31(34-25)36-11-9-35(5)10-12-36/h7-8,13-14,18,20,24,26-27H,6,9-12,15-16H2,1-5H3,(H2,33,39). The van der Waals surface area contributed by atoms with Gasteiger partial charge in [-0.1, -0.05) is 49.3 Å². The lowest BCUT2D eigenvalue weighted by atomic mass is 9.81. The molecule has 2 aromatic rings. The molecule has 0 bridgehead atoms. The molecule has 5 atom stereocenters. The number of carbonyl (C=O) groups is 3. The van der Waals surface area contributed by atoms with E-state index in [1.54, 1.807) is 23.1 Å². The molecule has 11 heteroatoms. The molecule has 5 unspecified atom stereocenters. The number of allylic oxidation sites excluding steroid dienone is 1. The third kappa shape index (κ3) is 5.74. The van der Waals surface area contributed by atoms with Crippen LogP contribution in [0.4, 0.5) is 9.52 Å². The normalized spacial score (nSPS) is 24.0. The molecule has 3 fully saturated rings. The number of ether oxygens (including phenoxy) is 1. The van der Waals surface area contributed by atoms with Gasteiger partial charge in [-0.25, -0.2) is 4.98 Å². The van der Waals surface area contributed by atoms with Crippen LogP contribution in [-0.4, -0.2) is 90.9 Å². The van der Waals surface area contributed by atoms with Crippen molar-refractivity contribution in [3.05, 3.63) is 46.1 Å². The zero-order valence-electron chi connectivity index (χ0n) is 24.9. The summed E-state index contributed by atoms with van der Waals surface area (Å²) in [6.07, 6.45) is 2.30. The Labute approximate surface area is 250 Å². The van der Waals surface area contributed by atoms with Crippen molar-refractivity contribution in [3.8, 4) is 11.3 Å². The Morgan fingerprint density at radius 2 is 1.95 bits per heavy atom. The number of Topliss-reactive ketones (excluding diaryl/α,β-unsaturated/α-hetero) is 1. The average molecular weight is 598 g/mol. The summed E-state index contributed by atoms with van der Waals surface area (Å²) < 4.78 is 21.2. The van der Waals surface area contributed by atoms with Gasteiger partial charge in [0, 0.05) is 49.8 Å². The molecule has 0 aliphatic carbocycles. The first-order chi connectivity index (χ1) is 20.0. The SMILES string of the molecule is CCC(C)C(C(=O)N1CC(C=C(C)C)C2OCC(=O)C21)c1cc(-c2nc(N3CCN(C)CC3)sc2F)ccc1C(N)=O. The number of ketones is 1. The van der Waals surface area contributed by atoms with Gasteiger partial charge in [-0.3, -0.25) is 14.4 Å². The van der Waals surface area contributed by atoms with Crippen LogP contribution in [0, 0.1) is 17.0 Å². The molecule has 5 rings (SSSR count). The summed E-state index contributed by atoms with van der Waals surface area (Å²) in [5, 5.41) is 0.188. The molecule has 0 spiro atoms. The first-order valence-electron chi connectivity index (χ1n) is 14.6. The van der Waals surface area contributed by atoms with E-state index in [1.807, 2.05) is 27.7 Å². The number of carbonyl (C=O) groups excluding carboxylic acids is 3. The fourth-order valence-corrected chi connectivity index (χ4v) is 7.25. The number of hydrogen-bond donors (Lipinski definition) is 1. The van der Waals surface area contributed by atoms with Gasteiger partial charge in [0.05, 0.1) is 12.0 Å². The number of primary amides is 1. The molecule has 0 saturated carbocycles. The van der Waals surface area contributed by atoms with Gasteiger partial charge in [0.2, 0.25) is 16.9 Å². The van der Waals surface area contributed by atoms with Gasteiger partial charge < -0.3 is 25.2 Å². The highest BCUT2D eigenvalue weighted by Crippen LogP contribution is 2.40. The number of amides is 2. The van der Waals surface area contributed by atoms with Crippen molar-refractivity contribution in [3.63, 3.8) is 0 Å². The van der Waals surface area contributed by atoms with Crippen molar-refractivity contribution >= 4 is 34.1 Å². The number of thiazole rings is 1. The Balaban J connectivity index is 1.54. The number of likely N-dealkylation sites (N-methyl/N-ethyl adjacent to an activating group) is 1. The highest BCUT2D eigenvalue weighted by Gasteiger charge is 2.53. The second-order valence-corrected chi connectivity index (χ2v) is 13.0. The molecule has 0 radical (unpaired) electrons. The van der Waals surface area contributed by atoms with E-state index in [0.717, 1.165) is 43.1 Å². The summed E-state index contributed by atoms with van der Waals surface area (Å²) in [6, 6.07) is 4.21. The molecule has 1 aromatic carbocycles. The molecular formula is C31H40FN5O4S. The number of hydrogen-bond acceptors (Lipinski definition) is 8. The summed E-state index contributed by atoms with van der Waals surface area (Å²) in [5.74, 6) is -2.10. The third-order valence-electron chi connectivity index (χ3n) is 8.81. The third-order valence-corrected chi connectivity index (χ3v) is 9.71. The summed E-state index contributed by atoms with van der Waals surface area (Å²) >= 11 is 1.00. The minimum atomic E-state index is -0.768. The average Bonchev–Trinajstić information content (AvgIpc) is 3.63. The largest absolute Gasteiger partial charge is 0.367 e. The van der Waals surface area contributed by atoms with Gasteiger partial charge in [0.15, 0.2) is 10.9 Å². The summed E-state index contributed by atoms with van der Waals surface area (Å²) in [5.41, 5.74) is 8.21. The maximum absolute atomic E-state index is 15.4. The Morgan fingerprint density at radius 1 is 1.24 bits per heavy atom. The lowest BCUT2D eigenvalue weighted by Gasteiger charge is -2.32. The van der Waals surface area contributed by atoms with Crippen molar-refractivity contribution in [2.24, 2.45) is 17.6 Å². The van der Waals surface area contributed by atoms with Crippen molar-refractivity contribution < 1.29 is 23.5 Å². The summed E-state index contributed by atoms with van der Waals surface area (Å²) in [4.78, 5) is 50.6. The van der Waals surface area contributed by atoms with E-state index in [2.05, 4.69) is 27.9 Å². The lowest BCUT2D eigenvalue weighted by molar-refractivity contribution is -0.138. The minimum Gasteiger partial charge on any atom is -0.367 e. The molecule has 226 valence electrons. The number of nitrogens with two attached hydrogens (primary N) is 1. The van der Waals surface area contributed by atoms with Gasteiger partial charge in [-0.05, 0) is 44.5 Å². The van der Waals surface area contributed by atoms with Gasteiger partial charge in [-0.15, -0.1) is 0 Å². The van der Waals surface area contributed by atoms with E-state index in [9.17, 15) is 14.4 Å². The van der Waals surface area contributed by atoms with Crippen LogP contribution in [-0.2, 0) is 14.3 Å². The van der Waals surface area contributed by atoms with Gasteiger partial charge in [0.1, 0.15) is 18.3 Å². The number of piperazine rings is 1. The predicted molar refractivity (Wildman–Crippen MR) is 161 cm³/mol. The minimum absolute atomic E-state index is 0.0268. The van der Waals surface area contributed by atoms with E-state index in [4.69, 9.17) is 10.5 Å². The van der Waals surface area contributed by atoms with E-state index in [-0.39, 0.29) is 41.4 Å². The number of aromatic nitrogens is 1. The van der Waals surface area contributed by atoms with Crippen LogP contribution >= 0.6 is 11.3 Å². The Hall–Kier alpha value is -3.15. The molecule has 4 heterocycles. The first-order valence-corrected chi connectivity index (χ1v) is 15.5. The Bertz CT molecular complexity index is 1400. The Morgan fingerprint density at radius 3 is 2.60 bits per heavy atom. The highest BCUT2D eigenvalue weighted by molar-refractivity contribution is 7.14. The lowest BCUT2D eigenvalue weighted by Crippen LogP contribution is -2.45. The van der Waals surface area contributed by atoms with Crippen molar-refractivity contribution in [1.29, 1.82) is 0 Å². The van der Waals surface area contributed by atoms with Crippen LogP contribution < -0.4 is 10.6 Å². The van der Waals surface area contributed by atoms with Crippen molar-refractivity contribution in [2.75, 3.05) is 51.3 Å². The van der Waals surface area contributed by atoms with Gasteiger partial charge in [0.25, 0.3) is 0 Å². The second kappa shape index (κ2) is 12.2. The fraction of sp³-hybridized carbons (Fsp3) is 0.548. The second-order valence-electron chi connectivity index (χ2n) is 12.0. The molecule has 3 aliphatic heterocycles. The van der Waals surface area contributed by atoms with Crippen LogP contribution in [0.1, 0.15) is 56.0 Å². The summed E-state index contributed by atoms with van der Waals surface area (Å²) in [7, 11) is 2.06. The number of anilines is 1. The fourth-order valence-electron chi connectivity index (χ4n) is 6.39. The van der Waals surface area contributed by atoms with E-state index in [0.29, 0.717) is 29.2 Å². The molecule has 9 nitrogen and oxygen atoms in total. The molecule has 3 aliphatic rings. The van der Waals surface area contributed by atoms with Crippen LogP contribution in [0.2, 0.25) is 0 Å². The highest BCUT2D eigenvalue weighted by atomic mass is 32.1. The first kappa shape index (κ1) is 30.3. The molecule has 1 aromatic heterocycles. The molecule has 3 saturated heterocycles. The van der Waals surface area contributed by atoms with Crippen LogP contribution in [0.25, 0.3) is 11.3 Å².